The van der Waals surface area contributed by atoms with Crippen molar-refractivity contribution in [1.29, 1.82) is 0 Å². The molecule has 0 aromatic rings. The smallest absolute Gasteiger partial charge is 0.328 e. The molecule has 0 aliphatic heterocycles. The third kappa shape index (κ3) is 14.8. The second-order valence-corrected chi connectivity index (χ2v) is 8.12. The SMILES string of the molecule is CCCCCCCCCCCC[N+](C)(C)CCCNC(N)=[N+](C)C. The van der Waals surface area contributed by atoms with Gasteiger partial charge >= 0.3 is 5.96 Å². The number of nitrogens with two attached hydrogens (primary N) is 1. The second kappa shape index (κ2) is 14.6. The highest BCUT2D eigenvalue weighted by Gasteiger charge is 2.14. The largest absolute Gasteiger partial charge is 0.343 e. The van der Waals surface area contributed by atoms with Crippen LogP contribution in [0.5, 0.6) is 0 Å². The summed E-state index contributed by atoms with van der Waals surface area (Å²) in [4.78, 5) is 0. The monoisotopic (exact) mass is 342 g/mol. The molecule has 24 heavy (non-hydrogen) atoms. The molecule has 0 heterocycles. The Hall–Kier alpha value is -0.770. The first kappa shape index (κ1) is 23.2. The van der Waals surface area contributed by atoms with Gasteiger partial charge in [0.05, 0.1) is 47.8 Å². The summed E-state index contributed by atoms with van der Waals surface area (Å²) in [5.74, 6) is 0.759. The number of quaternary nitrogens is 1. The topological polar surface area (TPSA) is 41.1 Å². The van der Waals surface area contributed by atoms with Gasteiger partial charge in [0.25, 0.3) is 0 Å². The summed E-state index contributed by atoms with van der Waals surface area (Å²) in [5, 5.41) is 3.27. The van der Waals surface area contributed by atoms with Crippen LogP contribution >= 0.6 is 0 Å². The minimum absolute atomic E-state index is 0.759. The number of hydrogen-bond donors (Lipinski definition) is 2. The van der Waals surface area contributed by atoms with Crippen LogP contribution < -0.4 is 11.1 Å². The van der Waals surface area contributed by atoms with E-state index < -0.39 is 0 Å². The highest BCUT2D eigenvalue weighted by Crippen LogP contribution is 2.11. The zero-order chi connectivity index (χ0) is 18.3. The molecule has 0 atom stereocenters. The molecule has 4 heteroatoms. The molecule has 3 N–H and O–H groups in total. The Morgan fingerprint density at radius 1 is 0.792 bits per heavy atom. The Balaban J connectivity index is 3.49. The summed E-state index contributed by atoms with van der Waals surface area (Å²) in [6.45, 7) is 5.76. The Morgan fingerprint density at radius 3 is 1.75 bits per heavy atom. The third-order valence-corrected chi connectivity index (χ3v) is 4.85. The van der Waals surface area contributed by atoms with Gasteiger partial charge in [-0.3, -0.25) is 15.6 Å². The number of guanidine groups is 1. The van der Waals surface area contributed by atoms with Gasteiger partial charge in [-0.2, -0.15) is 0 Å². The summed E-state index contributed by atoms with van der Waals surface area (Å²) in [5.41, 5.74) is 5.86. The maximum atomic E-state index is 5.86. The molecule has 0 bridgehead atoms. The van der Waals surface area contributed by atoms with Crippen molar-refractivity contribution in [2.75, 3.05) is 47.8 Å². The Morgan fingerprint density at radius 2 is 1.25 bits per heavy atom. The molecule has 4 nitrogen and oxygen atoms in total. The van der Waals surface area contributed by atoms with Crippen LogP contribution in [-0.4, -0.2) is 62.8 Å². The molecule has 0 saturated heterocycles. The zero-order valence-corrected chi connectivity index (χ0v) is 17.4. The van der Waals surface area contributed by atoms with Crippen molar-refractivity contribution in [2.24, 2.45) is 5.73 Å². The lowest BCUT2D eigenvalue weighted by Gasteiger charge is -2.29. The quantitative estimate of drug-likeness (QED) is 0.157. The maximum Gasteiger partial charge on any atom is 0.343 e. The molecule has 0 spiro atoms. The van der Waals surface area contributed by atoms with Crippen LogP contribution in [0.15, 0.2) is 0 Å². The van der Waals surface area contributed by atoms with Gasteiger partial charge in [-0.1, -0.05) is 58.3 Å². The van der Waals surface area contributed by atoms with E-state index >= 15 is 0 Å². The van der Waals surface area contributed by atoms with Crippen LogP contribution in [0.1, 0.15) is 77.6 Å². The van der Waals surface area contributed by atoms with Crippen LogP contribution in [0.2, 0.25) is 0 Å². The van der Waals surface area contributed by atoms with Gasteiger partial charge in [0.2, 0.25) is 0 Å². The van der Waals surface area contributed by atoms with E-state index in [9.17, 15) is 0 Å². The van der Waals surface area contributed by atoms with E-state index in [1.165, 1.54) is 83.7 Å². The van der Waals surface area contributed by atoms with Crippen LogP contribution in [0.25, 0.3) is 0 Å². The first-order valence-corrected chi connectivity index (χ1v) is 10.2. The summed E-state index contributed by atoms with van der Waals surface area (Å²) >= 11 is 0. The maximum absolute atomic E-state index is 5.86. The lowest BCUT2D eigenvalue weighted by molar-refractivity contribution is -0.890. The third-order valence-electron chi connectivity index (χ3n) is 4.85. The summed E-state index contributed by atoms with van der Waals surface area (Å²) in [7, 11) is 8.64. The van der Waals surface area contributed by atoms with Crippen molar-refractivity contribution in [3.05, 3.63) is 0 Å². The standard InChI is InChI=1S/C20H45N4/c1-6-7-8-9-10-11-12-13-14-15-18-24(4,5)19-16-17-22-20(21)23(2)3/h6-19H2,1-5H3,(H2,21,22)/q+1/p+1. The van der Waals surface area contributed by atoms with Gasteiger partial charge in [-0.25, -0.2) is 0 Å². The lowest BCUT2D eigenvalue weighted by atomic mass is 10.1. The molecule has 0 aliphatic rings. The van der Waals surface area contributed by atoms with Crippen molar-refractivity contribution in [2.45, 2.75) is 77.6 Å². The van der Waals surface area contributed by atoms with Gasteiger partial charge in [0.1, 0.15) is 0 Å². The fourth-order valence-corrected chi connectivity index (χ4v) is 3.02. The number of hydrogen-bond acceptors (Lipinski definition) is 0. The minimum atomic E-state index is 0.759. The molecular weight excluding hydrogens is 296 g/mol. The van der Waals surface area contributed by atoms with Crippen LogP contribution in [0, 0.1) is 0 Å². The summed E-state index contributed by atoms with van der Waals surface area (Å²) in [6.07, 6.45) is 15.3. The van der Waals surface area contributed by atoms with E-state index in [1.54, 1.807) is 0 Å². The van der Waals surface area contributed by atoms with E-state index in [4.69, 9.17) is 5.73 Å². The molecule has 0 aromatic carbocycles. The molecule has 0 unspecified atom stereocenters. The van der Waals surface area contributed by atoms with E-state index in [-0.39, 0.29) is 0 Å². The average molecular weight is 343 g/mol. The van der Waals surface area contributed by atoms with Crippen molar-refractivity contribution in [3.63, 3.8) is 0 Å². The zero-order valence-electron chi connectivity index (χ0n) is 17.4. The average Bonchev–Trinajstić information content (AvgIpc) is 2.53. The molecule has 0 aromatic heterocycles. The summed E-state index contributed by atoms with van der Waals surface area (Å²) < 4.78 is 3.05. The van der Waals surface area contributed by atoms with Crippen molar-refractivity contribution in [3.8, 4) is 0 Å². The molecule has 0 saturated carbocycles. The Bertz CT molecular complexity index is 320. The van der Waals surface area contributed by atoms with E-state index in [0.29, 0.717) is 0 Å². The van der Waals surface area contributed by atoms with Crippen LogP contribution in [-0.2, 0) is 0 Å². The highest BCUT2D eigenvalue weighted by molar-refractivity contribution is 5.72. The predicted octanol–water partition coefficient (Wildman–Crippen LogP) is 3.55. The van der Waals surface area contributed by atoms with E-state index in [0.717, 1.165) is 17.0 Å². The van der Waals surface area contributed by atoms with Gasteiger partial charge in [-0.15, -0.1) is 0 Å². The van der Waals surface area contributed by atoms with Crippen molar-refractivity contribution in [1.82, 2.24) is 5.32 Å². The van der Waals surface area contributed by atoms with Crippen LogP contribution in [0.4, 0.5) is 0 Å². The molecule has 0 amide bonds. The Kier molecular flexibility index (Phi) is 14.1. The van der Waals surface area contributed by atoms with Gasteiger partial charge in [0.15, 0.2) is 0 Å². The second-order valence-electron chi connectivity index (χ2n) is 8.12. The van der Waals surface area contributed by atoms with Gasteiger partial charge in [0, 0.05) is 6.42 Å². The first-order chi connectivity index (χ1) is 11.4. The van der Waals surface area contributed by atoms with Gasteiger partial charge < -0.3 is 4.48 Å². The number of unbranched alkanes of at least 4 members (excludes halogenated alkanes) is 9. The number of rotatable bonds is 15. The van der Waals surface area contributed by atoms with E-state index in [1.807, 2.05) is 18.7 Å². The van der Waals surface area contributed by atoms with E-state index in [2.05, 4.69) is 26.3 Å². The van der Waals surface area contributed by atoms with Crippen LogP contribution in [0.3, 0.4) is 0 Å². The lowest BCUT2D eigenvalue weighted by Crippen LogP contribution is -2.44. The molecule has 0 rings (SSSR count). The first-order valence-electron chi connectivity index (χ1n) is 10.2. The number of nitrogens with zero attached hydrogens (tertiary/aromatic N) is 2. The normalized spacial score (nSPS) is 11.5. The molecule has 144 valence electrons. The highest BCUT2D eigenvalue weighted by atomic mass is 15.3. The fraction of sp³-hybridized carbons (Fsp3) is 0.950. The molecule has 0 radical (unpaired) electrons. The fourth-order valence-electron chi connectivity index (χ4n) is 3.02. The summed E-state index contributed by atoms with van der Waals surface area (Å²) in [6, 6.07) is 0. The predicted molar refractivity (Wildman–Crippen MR) is 108 cm³/mol. The molecule has 0 fully saturated rings. The van der Waals surface area contributed by atoms with Crippen molar-refractivity contribution < 1.29 is 9.06 Å². The Labute approximate surface area is 152 Å². The minimum Gasteiger partial charge on any atom is -0.328 e. The molecular formula is C20H46N4+2. The van der Waals surface area contributed by atoms with Crippen molar-refractivity contribution >= 4 is 5.96 Å². The van der Waals surface area contributed by atoms with Gasteiger partial charge in [-0.05, 0) is 12.8 Å². The number of nitrogens with one attached hydrogen (secondary N) is 1. The molecule has 0 aliphatic carbocycles.